The van der Waals surface area contributed by atoms with Crippen molar-refractivity contribution < 1.29 is 0 Å². The molecule has 1 aliphatic carbocycles. The fourth-order valence-corrected chi connectivity index (χ4v) is 6.70. The van der Waals surface area contributed by atoms with Gasteiger partial charge < -0.3 is 4.57 Å². The van der Waals surface area contributed by atoms with Gasteiger partial charge in [0.15, 0.2) is 0 Å². The van der Waals surface area contributed by atoms with Crippen LogP contribution in [0.15, 0.2) is 54.6 Å². The number of aryl methyl sites for hydroxylation is 1. The fourth-order valence-electron chi connectivity index (χ4n) is 5.26. The van der Waals surface area contributed by atoms with E-state index in [1.807, 2.05) is 11.3 Å². The number of thiophene rings is 1. The van der Waals surface area contributed by atoms with Crippen molar-refractivity contribution in [2.24, 2.45) is 7.05 Å². The third-order valence-corrected chi connectivity index (χ3v) is 7.90. The molecule has 134 valence electrons. The van der Waals surface area contributed by atoms with E-state index in [-0.39, 0.29) is 0 Å². The van der Waals surface area contributed by atoms with E-state index in [0.29, 0.717) is 0 Å². The average Bonchev–Trinajstić information content (AvgIpc) is 3.25. The van der Waals surface area contributed by atoms with Crippen molar-refractivity contribution in [2.45, 2.75) is 38.0 Å². The number of rotatable bonds is 1. The van der Waals surface area contributed by atoms with Gasteiger partial charge in [-0.2, -0.15) is 0 Å². The average molecular weight is 370 g/mol. The van der Waals surface area contributed by atoms with Gasteiger partial charge in [-0.3, -0.25) is 0 Å². The third kappa shape index (κ3) is 2.17. The molecule has 0 spiro atoms. The maximum Gasteiger partial charge on any atom is 0.0503 e. The molecule has 3 aromatic carbocycles. The highest BCUT2D eigenvalue weighted by molar-refractivity contribution is 7.27. The quantitative estimate of drug-likeness (QED) is 0.285. The summed E-state index contributed by atoms with van der Waals surface area (Å²) in [5, 5.41) is 5.69. The molecule has 0 radical (unpaired) electrons. The van der Waals surface area contributed by atoms with E-state index in [9.17, 15) is 0 Å². The summed E-state index contributed by atoms with van der Waals surface area (Å²) in [4.78, 5) is 0. The van der Waals surface area contributed by atoms with Gasteiger partial charge >= 0.3 is 0 Å². The minimum Gasteiger partial charge on any atom is -0.344 e. The lowest BCUT2D eigenvalue weighted by atomic mass is 9.84. The monoisotopic (exact) mass is 369 g/mol. The van der Waals surface area contributed by atoms with Crippen molar-refractivity contribution in [1.82, 2.24) is 4.57 Å². The number of aromatic nitrogens is 1. The molecule has 0 unspecified atom stereocenters. The second kappa shape index (κ2) is 5.84. The summed E-state index contributed by atoms with van der Waals surface area (Å²) in [7, 11) is 2.19. The Morgan fingerprint density at radius 2 is 1.52 bits per heavy atom. The molecule has 1 nitrogen and oxygen atoms in total. The Kier molecular flexibility index (Phi) is 3.40. The van der Waals surface area contributed by atoms with Crippen molar-refractivity contribution in [1.29, 1.82) is 0 Å². The second-order valence-corrected chi connectivity index (χ2v) is 9.09. The molecule has 0 aliphatic heterocycles. The van der Waals surface area contributed by atoms with Gasteiger partial charge in [0, 0.05) is 43.5 Å². The molecule has 6 rings (SSSR count). The van der Waals surface area contributed by atoms with Crippen LogP contribution in [0, 0.1) is 0 Å². The fraction of sp³-hybridized carbons (Fsp3) is 0.280. The highest BCUT2D eigenvalue weighted by atomic mass is 32.1. The minimum atomic E-state index is 0.749. The van der Waals surface area contributed by atoms with E-state index < -0.39 is 0 Å². The van der Waals surface area contributed by atoms with Crippen molar-refractivity contribution in [2.75, 3.05) is 0 Å². The normalized spacial score (nSPS) is 16.2. The lowest BCUT2D eigenvalue weighted by Crippen LogP contribution is -2.04. The molecule has 2 heterocycles. The largest absolute Gasteiger partial charge is 0.344 e. The summed E-state index contributed by atoms with van der Waals surface area (Å²) in [6, 6.07) is 20.5. The first-order chi connectivity index (χ1) is 13.3. The van der Waals surface area contributed by atoms with Gasteiger partial charge in [0.05, 0.1) is 5.52 Å². The number of nitrogens with zero attached hydrogens (tertiary/aromatic N) is 1. The number of hydrogen-bond acceptors (Lipinski definition) is 1. The molecule has 1 fully saturated rings. The number of para-hydroxylation sites is 1. The van der Waals surface area contributed by atoms with E-state index in [1.165, 1.54) is 74.1 Å². The Hall–Kier alpha value is -2.32. The van der Waals surface area contributed by atoms with Crippen molar-refractivity contribution in [3.8, 4) is 0 Å². The Morgan fingerprint density at radius 1 is 0.741 bits per heavy atom. The zero-order valence-corrected chi connectivity index (χ0v) is 16.5. The maximum atomic E-state index is 2.40. The van der Waals surface area contributed by atoms with Crippen LogP contribution in [0.1, 0.15) is 43.6 Å². The first-order valence-corrected chi connectivity index (χ1v) is 11.0. The van der Waals surface area contributed by atoms with Gasteiger partial charge in [-0.25, -0.2) is 0 Å². The van der Waals surface area contributed by atoms with E-state index in [4.69, 9.17) is 0 Å². The first-order valence-electron chi connectivity index (χ1n) is 10.1. The number of fused-ring (bicyclic) bond motifs is 7. The van der Waals surface area contributed by atoms with E-state index in [2.05, 4.69) is 66.2 Å². The zero-order chi connectivity index (χ0) is 18.0. The Bertz CT molecular complexity index is 1310. The summed E-state index contributed by atoms with van der Waals surface area (Å²) in [5.74, 6) is 0.749. The Morgan fingerprint density at radius 3 is 2.41 bits per heavy atom. The second-order valence-electron chi connectivity index (χ2n) is 8.07. The highest BCUT2D eigenvalue weighted by Gasteiger charge is 2.21. The van der Waals surface area contributed by atoms with Crippen molar-refractivity contribution >= 4 is 53.3 Å². The van der Waals surface area contributed by atoms with E-state index >= 15 is 0 Å². The van der Waals surface area contributed by atoms with Crippen LogP contribution < -0.4 is 0 Å². The van der Waals surface area contributed by atoms with Crippen LogP contribution in [-0.2, 0) is 7.05 Å². The van der Waals surface area contributed by atoms with Crippen molar-refractivity contribution in [3.05, 3.63) is 60.2 Å². The molecule has 0 N–H and O–H groups in total. The molecule has 0 amide bonds. The van der Waals surface area contributed by atoms with Crippen LogP contribution >= 0.6 is 11.3 Å². The van der Waals surface area contributed by atoms with Gasteiger partial charge in [-0.1, -0.05) is 61.7 Å². The summed E-state index contributed by atoms with van der Waals surface area (Å²) >= 11 is 2.03. The van der Waals surface area contributed by atoms with Gasteiger partial charge in [0.2, 0.25) is 0 Å². The van der Waals surface area contributed by atoms with Crippen LogP contribution in [0.5, 0.6) is 0 Å². The predicted molar refractivity (Wildman–Crippen MR) is 119 cm³/mol. The molecule has 2 aromatic heterocycles. The molecular weight excluding hydrogens is 346 g/mol. The SMILES string of the molecule is Cn1c2ccccc2c2c3sc4c(C5CCCCC5)cccc4c3ccc21. The van der Waals surface area contributed by atoms with Gasteiger partial charge in [-0.05, 0) is 36.5 Å². The van der Waals surface area contributed by atoms with Gasteiger partial charge in [0.1, 0.15) is 0 Å². The summed E-state index contributed by atoms with van der Waals surface area (Å²) in [5.41, 5.74) is 4.27. The number of hydrogen-bond donors (Lipinski definition) is 0. The molecule has 1 aliphatic rings. The molecular formula is C25H23NS. The molecule has 0 atom stereocenters. The summed E-state index contributed by atoms with van der Waals surface area (Å²) < 4.78 is 5.33. The summed E-state index contributed by atoms with van der Waals surface area (Å²) in [6.45, 7) is 0. The van der Waals surface area contributed by atoms with Crippen molar-refractivity contribution in [3.63, 3.8) is 0 Å². The molecule has 0 saturated heterocycles. The smallest absolute Gasteiger partial charge is 0.0503 e. The maximum absolute atomic E-state index is 2.40. The number of benzene rings is 3. The summed E-state index contributed by atoms with van der Waals surface area (Å²) in [6.07, 6.45) is 6.91. The van der Waals surface area contributed by atoms with Gasteiger partial charge in [-0.15, -0.1) is 11.3 Å². The third-order valence-electron chi connectivity index (χ3n) is 6.62. The van der Waals surface area contributed by atoms with Crippen LogP contribution in [0.25, 0.3) is 42.0 Å². The molecule has 27 heavy (non-hydrogen) atoms. The molecule has 1 saturated carbocycles. The van der Waals surface area contributed by atoms with Crippen LogP contribution in [-0.4, -0.2) is 4.57 Å². The predicted octanol–water partition coefficient (Wildman–Crippen LogP) is 7.75. The highest BCUT2D eigenvalue weighted by Crippen LogP contribution is 2.45. The minimum absolute atomic E-state index is 0.749. The lowest BCUT2D eigenvalue weighted by molar-refractivity contribution is 0.446. The standard InChI is InChI=1S/C25H23NS/c1-26-21-13-6-5-10-20(21)23-22(26)15-14-19-18-12-7-11-17(24(18)27-25(19)23)16-8-3-2-4-9-16/h5-7,10-16H,2-4,8-9H2,1H3. The Labute approximate surface area is 163 Å². The Balaban J connectivity index is 1.74. The van der Waals surface area contributed by atoms with Crippen LogP contribution in [0.4, 0.5) is 0 Å². The van der Waals surface area contributed by atoms with Crippen LogP contribution in [0.2, 0.25) is 0 Å². The topological polar surface area (TPSA) is 4.93 Å². The zero-order valence-electron chi connectivity index (χ0n) is 15.7. The molecule has 5 aromatic rings. The lowest BCUT2D eigenvalue weighted by Gasteiger charge is -2.22. The molecule has 0 bridgehead atoms. The van der Waals surface area contributed by atoms with E-state index in [1.54, 1.807) is 5.56 Å². The van der Waals surface area contributed by atoms with E-state index in [0.717, 1.165) is 5.92 Å². The van der Waals surface area contributed by atoms with Crippen LogP contribution in [0.3, 0.4) is 0 Å². The molecule has 2 heteroatoms. The van der Waals surface area contributed by atoms with Gasteiger partial charge in [0.25, 0.3) is 0 Å². The first kappa shape index (κ1) is 15.7.